The predicted molar refractivity (Wildman–Crippen MR) is 55.9 cm³/mol. The van der Waals surface area contributed by atoms with E-state index in [-0.39, 0.29) is 11.8 Å². The summed E-state index contributed by atoms with van der Waals surface area (Å²) in [6, 6.07) is 0. The van der Waals surface area contributed by atoms with Gasteiger partial charge in [-0.05, 0) is 17.4 Å². The topological polar surface area (TPSA) is 53.1 Å². The van der Waals surface area contributed by atoms with Crippen molar-refractivity contribution >= 4 is 5.97 Å². The molecule has 0 aliphatic carbocycles. The lowest BCUT2D eigenvalue weighted by Crippen LogP contribution is -2.05. The summed E-state index contributed by atoms with van der Waals surface area (Å²) >= 11 is 0. The van der Waals surface area contributed by atoms with E-state index in [1.807, 2.05) is 33.9 Å². The van der Waals surface area contributed by atoms with Gasteiger partial charge in [0.15, 0.2) is 0 Å². The zero-order valence-corrected chi connectivity index (χ0v) is 9.09. The summed E-state index contributed by atoms with van der Waals surface area (Å²) in [6.07, 6.45) is 1.81. The molecule has 0 fully saturated rings. The summed E-state index contributed by atoms with van der Waals surface area (Å²) in [4.78, 5) is 14.1. The number of aromatic amines is 1. The Morgan fingerprint density at radius 2 is 1.86 bits per heavy atom. The van der Waals surface area contributed by atoms with E-state index in [0.29, 0.717) is 5.56 Å². The molecule has 0 aliphatic rings. The van der Waals surface area contributed by atoms with Crippen molar-refractivity contribution in [3.05, 3.63) is 23.0 Å². The summed E-state index contributed by atoms with van der Waals surface area (Å²) in [6.45, 7) is 7.98. The molecule has 0 radical (unpaired) electrons. The largest absolute Gasteiger partial charge is 0.478 e. The first-order valence-corrected chi connectivity index (χ1v) is 4.89. The third-order valence-corrected chi connectivity index (χ3v) is 2.35. The van der Waals surface area contributed by atoms with Crippen LogP contribution in [0.2, 0.25) is 0 Å². The molecule has 0 aromatic carbocycles. The van der Waals surface area contributed by atoms with Gasteiger partial charge in [-0.15, -0.1) is 0 Å². The van der Waals surface area contributed by atoms with E-state index in [9.17, 15) is 4.79 Å². The maximum Gasteiger partial charge on any atom is 0.337 e. The van der Waals surface area contributed by atoms with Gasteiger partial charge >= 0.3 is 5.97 Å². The zero-order valence-electron chi connectivity index (χ0n) is 9.09. The number of hydrogen-bond donors (Lipinski definition) is 2. The van der Waals surface area contributed by atoms with E-state index in [1.165, 1.54) is 0 Å². The quantitative estimate of drug-likeness (QED) is 0.779. The van der Waals surface area contributed by atoms with E-state index in [0.717, 1.165) is 11.3 Å². The number of H-pyrrole nitrogens is 1. The molecule has 0 saturated heterocycles. The Morgan fingerprint density at radius 3 is 2.21 bits per heavy atom. The molecule has 1 heterocycles. The molecule has 0 aliphatic heterocycles. The Balaban J connectivity index is 3.28. The van der Waals surface area contributed by atoms with Crippen LogP contribution >= 0.6 is 0 Å². The average molecular weight is 195 g/mol. The molecule has 0 atom stereocenters. The second-order valence-electron chi connectivity index (χ2n) is 4.15. The van der Waals surface area contributed by atoms with E-state index in [2.05, 4.69) is 4.98 Å². The van der Waals surface area contributed by atoms with E-state index >= 15 is 0 Å². The molecule has 0 amide bonds. The van der Waals surface area contributed by atoms with Crippen molar-refractivity contribution in [2.45, 2.75) is 39.5 Å². The molecule has 3 heteroatoms. The van der Waals surface area contributed by atoms with Crippen LogP contribution in [0.4, 0.5) is 0 Å². The lowest BCUT2D eigenvalue weighted by Gasteiger charge is -2.07. The monoisotopic (exact) mass is 195 g/mol. The number of carboxylic acids is 1. The van der Waals surface area contributed by atoms with Crippen LogP contribution in [-0.2, 0) is 0 Å². The first kappa shape index (κ1) is 10.8. The van der Waals surface area contributed by atoms with Crippen molar-refractivity contribution in [1.29, 1.82) is 0 Å². The van der Waals surface area contributed by atoms with E-state index in [4.69, 9.17) is 5.11 Å². The molecular weight excluding hydrogens is 178 g/mol. The molecule has 0 bridgehead atoms. The number of nitrogens with one attached hydrogen (secondary N) is 1. The maximum atomic E-state index is 11.1. The van der Waals surface area contributed by atoms with Gasteiger partial charge in [-0.1, -0.05) is 27.7 Å². The Bertz CT molecular complexity index is 312. The van der Waals surface area contributed by atoms with Gasteiger partial charge in [-0.25, -0.2) is 4.79 Å². The third kappa shape index (κ3) is 1.81. The van der Waals surface area contributed by atoms with Crippen molar-refractivity contribution in [3.8, 4) is 0 Å². The van der Waals surface area contributed by atoms with E-state index in [1.54, 1.807) is 0 Å². The standard InChI is InChI=1S/C11H17NO2/c1-6(2)8-5-12-10(7(3)4)9(8)11(13)14/h5-7,12H,1-4H3,(H,13,14). The van der Waals surface area contributed by atoms with E-state index < -0.39 is 5.97 Å². The second-order valence-corrected chi connectivity index (χ2v) is 4.15. The van der Waals surface area contributed by atoms with Gasteiger partial charge in [0.2, 0.25) is 0 Å². The first-order valence-electron chi connectivity index (χ1n) is 4.89. The molecule has 0 spiro atoms. The molecule has 2 N–H and O–H groups in total. The fraction of sp³-hybridized carbons (Fsp3) is 0.545. The second kappa shape index (κ2) is 3.86. The summed E-state index contributed by atoms with van der Waals surface area (Å²) in [5.41, 5.74) is 2.16. The minimum atomic E-state index is -0.835. The lowest BCUT2D eigenvalue weighted by molar-refractivity contribution is 0.0694. The molecule has 78 valence electrons. The van der Waals surface area contributed by atoms with Crippen molar-refractivity contribution in [1.82, 2.24) is 4.98 Å². The highest BCUT2D eigenvalue weighted by Gasteiger charge is 2.20. The summed E-state index contributed by atoms with van der Waals surface area (Å²) in [5, 5.41) is 9.11. The zero-order chi connectivity index (χ0) is 10.9. The van der Waals surface area contributed by atoms with Gasteiger partial charge in [0.25, 0.3) is 0 Å². The van der Waals surface area contributed by atoms with Crippen LogP contribution in [-0.4, -0.2) is 16.1 Å². The highest BCUT2D eigenvalue weighted by Crippen LogP contribution is 2.26. The number of hydrogen-bond acceptors (Lipinski definition) is 1. The van der Waals surface area contributed by atoms with Crippen molar-refractivity contribution in [3.63, 3.8) is 0 Å². The molecule has 14 heavy (non-hydrogen) atoms. The Kier molecular flexibility index (Phi) is 2.99. The Morgan fingerprint density at radius 1 is 1.29 bits per heavy atom. The van der Waals surface area contributed by atoms with Crippen LogP contribution in [0.25, 0.3) is 0 Å². The number of carbonyl (C=O) groups is 1. The fourth-order valence-electron chi connectivity index (χ4n) is 1.60. The number of rotatable bonds is 3. The summed E-state index contributed by atoms with van der Waals surface area (Å²) < 4.78 is 0. The van der Waals surface area contributed by atoms with Crippen LogP contribution in [0.3, 0.4) is 0 Å². The van der Waals surface area contributed by atoms with Crippen LogP contribution in [0.5, 0.6) is 0 Å². The fourth-order valence-corrected chi connectivity index (χ4v) is 1.60. The third-order valence-electron chi connectivity index (χ3n) is 2.35. The van der Waals surface area contributed by atoms with Crippen LogP contribution in [0, 0.1) is 0 Å². The first-order chi connectivity index (χ1) is 6.45. The molecule has 0 unspecified atom stereocenters. The lowest BCUT2D eigenvalue weighted by atomic mass is 9.97. The molecule has 1 aromatic heterocycles. The van der Waals surface area contributed by atoms with Crippen LogP contribution in [0.15, 0.2) is 6.20 Å². The van der Waals surface area contributed by atoms with Gasteiger partial charge in [0.1, 0.15) is 0 Å². The molecule has 0 saturated carbocycles. The summed E-state index contributed by atoms with van der Waals surface area (Å²) in [5.74, 6) is -0.378. The van der Waals surface area contributed by atoms with Crippen LogP contribution in [0.1, 0.15) is 61.1 Å². The minimum absolute atomic E-state index is 0.216. The Hall–Kier alpha value is -1.25. The smallest absolute Gasteiger partial charge is 0.337 e. The number of carboxylic acid groups (broad SMARTS) is 1. The maximum absolute atomic E-state index is 11.1. The SMILES string of the molecule is CC(C)c1c[nH]c(C(C)C)c1C(=O)O. The van der Waals surface area contributed by atoms with Crippen molar-refractivity contribution in [2.24, 2.45) is 0 Å². The Labute approximate surface area is 84.2 Å². The highest BCUT2D eigenvalue weighted by atomic mass is 16.4. The average Bonchev–Trinajstić information content (AvgIpc) is 2.46. The van der Waals surface area contributed by atoms with Gasteiger partial charge in [0.05, 0.1) is 5.56 Å². The van der Waals surface area contributed by atoms with Gasteiger partial charge in [-0.3, -0.25) is 0 Å². The highest BCUT2D eigenvalue weighted by molar-refractivity contribution is 5.91. The predicted octanol–water partition coefficient (Wildman–Crippen LogP) is 2.96. The summed E-state index contributed by atoms with van der Waals surface area (Å²) in [7, 11) is 0. The van der Waals surface area contributed by atoms with Crippen molar-refractivity contribution < 1.29 is 9.90 Å². The molecular formula is C11H17NO2. The normalized spacial score (nSPS) is 11.3. The number of aromatic nitrogens is 1. The van der Waals surface area contributed by atoms with Gasteiger partial charge in [0, 0.05) is 11.9 Å². The minimum Gasteiger partial charge on any atom is -0.478 e. The van der Waals surface area contributed by atoms with Gasteiger partial charge < -0.3 is 10.1 Å². The molecule has 3 nitrogen and oxygen atoms in total. The number of aromatic carboxylic acids is 1. The van der Waals surface area contributed by atoms with Crippen molar-refractivity contribution in [2.75, 3.05) is 0 Å². The van der Waals surface area contributed by atoms with Gasteiger partial charge in [-0.2, -0.15) is 0 Å². The molecule has 1 aromatic rings. The van der Waals surface area contributed by atoms with Crippen LogP contribution < -0.4 is 0 Å². The molecule has 1 rings (SSSR count).